The second-order valence-corrected chi connectivity index (χ2v) is 5.22. The molecule has 0 radical (unpaired) electrons. The number of anilines is 1. The van der Waals surface area contributed by atoms with Gasteiger partial charge >= 0.3 is 0 Å². The van der Waals surface area contributed by atoms with Gasteiger partial charge in [-0.15, -0.1) is 0 Å². The summed E-state index contributed by atoms with van der Waals surface area (Å²) in [5.41, 5.74) is 2.23. The fourth-order valence-electron chi connectivity index (χ4n) is 2.73. The molecule has 0 aromatic heterocycles. The zero-order valence-electron chi connectivity index (χ0n) is 11.6. The molecular weight excluding hydrogens is 224 g/mol. The van der Waals surface area contributed by atoms with E-state index >= 15 is 0 Å². The largest absolute Gasteiger partial charge is 0.389 e. The minimum absolute atomic E-state index is 0.402. The summed E-state index contributed by atoms with van der Waals surface area (Å²) in [6.07, 6.45) is 0.769. The smallest absolute Gasteiger partial charge is 0.0781 e. The summed E-state index contributed by atoms with van der Waals surface area (Å²) < 4.78 is 0. The predicted octanol–water partition coefficient (Wildman–Crippen LogP) is 2.27. The third kappa shape index (κ3) is 2.68. The molecule has 0 bridgehead atoms. The standard InChI is InChI=1S/C15H24N2O/c1-4-13-11-17(10-9-16(13)3)15-8-6-5-7-14(15)12(2)18/h5-8,12-13,18H,4,9-11H2,1-3H3. The summed E-state index contributed by atoms with van der Waals surface area (Å²) in [7, 11) is 2.20. The number of benzene rings is 1. The van der Waals surface area contributed by atoms with Crippen LogP contribution in [0.5, 0.6) is 0 Å². The normalized spacial score (nSPS) is 23.1. The number of likely N-dealkylation sites (N-methyl/N-ethyl adjacent to an activating group) is 1. The second kappa shape index (κ2) is 5.72. The molecule has 1 aliphatic rings. The SMILES string of the molecule is CCC1CN(c2ccccc2C(C)O)CCN1C. The van der Waals surface area contributed by atoms with Crippen LogP contribution in [0.15, 0.2) is 24.3 Å². The zero-order valence-corrected chi connectivity index (χ0v) is 11.6. The molecule has 0 aliphatic carbocycles. The highest BCUT2D eigenvalue weighted by Crippen LogP contribution is 2.28. The lowest BCUT2D eigenvalue weighted by Gasteiger charge is -2.41. The van der Waals surface area contributed by atoms with Crippen molar-refractivity contribution in [2.45, 2.75) is 32.4 Å². The number of piperazine rings is 1. The van der Waals surface area contributed by atoms with E-state index in [1.54, 1.807) is 0 Å². The first-order chi connectivity index (χ1) is 8.63. The molecule has 1 aromatic rings. The van der Waals surface area contributed by atoms with Crippen LogP contribution in [-0.2, 0) is 0 Å². The van der Waals surface area contributed by atoms with Gasteiger partial charge in [-0.05, 0) is 26.5 Å². The lowest BCUT2D eigenvalue weighted by molar-refractivity contribution is 0.196. The summed E-state index contributed by atoms with van der Waals surface area (Å²) in [6.45, 7) is 7.26. The van der Waals surface area contributed by atoms with Gasteiger partial charge in [0, 0.05) is 36.9 Å². The van der Waals surface area contributed by atoms with Gasteiger partial charge in [0.05, 0.1) is 6.10 Å². The van der Waals surface area contributed by atoms with Crippen molar-refractivity contribution in [1.82, 2.24) is 4.90 Å². The Bertz CT molecular complexity index is 392. The predicted molar refractivity (Wildman–Crippen MR) is 76.0 cm³/mol. The number of hydrogen-bond acceptors (Lipinski definition) is 3. The molecule has 3 heteroatoms. The van der Waals surface area contributed by atoms with E-state index in [-0.39, 0.29) is 0 Å². The average Bonchev–Trinajstić information content (AvgIpc) is 2.39. The Morgan fingerprint density at radius 3 is 2.72 bits per heavy atom. The van der Waals surface area contributed by atoms with E-state index in [1.807, 2.05) is 19.1 Å². The molecule has 0 saturated carbocycles. The Labute approximate surface area is 110 Å². The summed E-state index contributed by atoms with van der Waals surface area (Å²) in [6, 6.07) is 8.82. The van der Waals surface area contributed by atoms with Crippen LogP contribution in [0.4, 0.5) is 5.69 Å². The summed E-state index contributed by atoms with van der Waals surface area (Å²) in [4.78, 5) is 4.84. The van der Waals surface area contributed by atoms with Crippen molar-refractivity contribution < 1.29 is 5.11 Å². The minimum Gasteiger partial charge on any atom is -0.389 e. The quantitative estimate of drug-likeness (QED) is 0.889. The fourth-order valence-corrected chi connectivity index (χ4v) is 2.73. The van der Waals surface area contributed by atoms with Crippen molar-refractivity contribution in [2.24, 2.45) is 0 Å². The van der Waals surface area contributed by atoms with E-state index in [0.29, 0.717) is 6.04 Å². The molecule has 0 amide bonds. The molecule has 1 aromatic carbocycles. The van der Waals surface area contributed by atoms with Gasteiger partial charge in [-0.2, -0.15) is 0 Å². The van der Waals surface area contributed by atoms with Crippen molar-refractivity contribution in [3.05, 3.63) is 29.8 Å². The van der Waals surface area contributed by atoms with E-state index in [2.05, 4.69) is 35.9 Å². The van der Waals surface area contributed by atoms with Crippen LogP contribution in [0, 0.1) is 0 Å². The maximum atomic E-state index is 9.87. The Morgan fingerprint density at radius 1 is 1.33 bits per heavy atom. The van der Waals surface area contributed by atoms with Crippen molar-refractivity contribution >= 4 is 5.69 Å². The monoisotopic (exact) mass is 248 g/mol. The van der Waals surface area contributed by atoms with Crippen LogP contribution in [-0.4, -0.2) is 42.7 Å². The van der Waals surface area contributed by atoms with Gasteiger partial charge in [0.2, 0.25) is 0 Å². The molecule has 1 heterocycles. The number of aliphatic hydroxyl groups is 1. The Hall–Kier alpha value is -1.06. The maximum Gasteiger partial charge on any atom is 0.0781 e. The fraction of sp³-hybridized carbons (Fsp3) is 0.600. The molecule has 2 atom stereocenters. The minimum atomic E-state index is -0.402. The molecule has 100 valence electrons. The summed E-state index contributed by atoms with van der Waals surface area (Å²) >= 11 is 0. The molecule has 2 rings (SSSR count). The first-order valence-electron chi connectivity index (χ1n) is 6.85. The first-order valence-corrected chi connectivity index (χ1v) is 6.85. The summed E-state index contributed by atoms with van der Waals surface area (Å²) in [5, 5.41) is 9.87. The van der Waals surface area contributed by atoms with Gasteiger partial charge in [0.25, 0.3) is 0 Å². The molecule has 1 saturated heterocycles. The van der Waals surface area contributed by atoms with Crippen LogP contribution in [0.2, 0.25) is 0 Å². The van der Waals surface area contributed by atoms with Crippen molar-refractivity contribution in [1.29, 1.82) is 0 Å². The van der Waals surface area contributed by atoms with Gasteiger partial charge in [-0.25, -0.2) is 0 Å². The molecule has 18 heavy (non-hydrogen) atoms. The highest BCUT2D eigenvalue weighted by atomic mass is 16.3. The van der Waals surface area contributed by atoms with E-state index < -0.39 is 6.10 Å². The van der Waals surface area contributed by atoms with Crippen LogP contribution in [0.3, 0.4) is 0 Å². The Morgan fingerprint density at radius 2 is 2.06 bits per heavy atom. The van der Waals surface area contributed by atoms with Crippen molar-refractivity contribution in [2.75, 3.05) is 31.6 Å². The van der Waals surface area contributed by atoms with E-state index in [4.69, 9.17) is 0 Å². The topological polar surface area (TPSA) is 26.7 Å². The molecule has 1 fully saturated rings. The van der Waals surface area contributed by atoms with Gasteiger partial charge < -0.3 is 10.0 Å². The molecule has 0 spiro atoms. The van der Waals surface area contributed by atoms with Crippen molar-refractivity contribution in [3.8, 4) is 0 Å². The van der Waals surface area contributed by atoms with E-state index in [9.17, 15) is 5.11 Å². The van der Waals surface area contributed by atoms with Gasteiger partial charge in [0.1, 0.15) is 0 Å². The van der Waals surface area contributed by atoms with Gasteiger partial charge in [-0.3, -0.25) is 4.90 Å². The zero-order chi connectivity index (χ0) is 13.1. The van der Waals surface area contributed by atoms with Crippen LogP contribution in [0.25, 0.3) is 0 Å². The van der Waals surface area contributed by atoms with E-state index in [0.717, 1.165) is 25.2 Å². The lowest BCUT2D eigenvalue weighted by atomic mass is 10.0. The van der Waals surface area contributed by atoms with Crippen LogP contribution < -0.4 is 4.90 Å². The van der Waals surface area contributed by atoms with Crippen LogP contribution >= 0.6 is 0 Å². The average molecular weight is 248 g/mol. The molecule has 2 unspecified atom stereocenters. The number of aliphatic hydroxyl groups excluding tert-OH is 1. The van der Waals surface area contributed by atoms with Gasteiger partial charge in [0.15, 0.2) is 0 Å². The third-order valence-electron chi connectivity index (χ3n) is 3.98. The highest BCUT2D eigenvalue weighted by Gasteiger charge is 2.24. The third-order valence-corrected chi connectivity index (χ3v) is 3.98. The molecule has 1 aliphatic heterocycles. The molecule has 1 N–H and O–H groups in total. The Balaban J connectivity index is 2.21. The number of para-hydroxylation sites is 1. The summed E-state index contributed by atoms with van der Waals surface area (Å²) in [5.74, 6) is 0. The number of hydrogen-bond donors (Lipinski definition) is 1. The first kappa shape index (κ1) is 13.4. The van der Waals surface area contributed by atoms with Crippen LogP contribution in [0.1, 0.15) is 31.9 Å². The molecular formula is C15H24N2O. The number of nitrogens with zero attached hydrogens (tertiary/aromatic N) is 2. The second-order valence-electron chi connectivity index (χ2n) is 5.22. The number of rotatable bonds is 3. The maximum absolute atomic E-state index is 9.87. The van der Waals surface area contributed by atoms with Crippen molar-refractivity contribution in [3.63, 3.8) is 0 Å². The Kier molecular flexibility index (Phi) is 4.25. The van der Waals surface area contributed by atoms with E-state index in [1.165, 1.54) is 12.1 Å². The van der Waals surface area contributed by atoms with Gasteiger partial charge in [-0.1, -0.05) is 25.1 Å². The lowest BCUT2D eigenvalue weighted by Crippen LogP contribution is -2.51. The highest BCUT2D eigenvalue weighted by molar-refractivity contribution is 5.55. The molecule has 3 nitrogen and oxygen atoms in total.